The van der Waals surface area contributed by atoms with Gasteiger partial charge in [0.25, 0.3) is 0 Å². The molecule has 0 spiro atoms. The maximum Gasteiger partial charge on any atom is 0.220 e. The molecule has 4 nitrogen and oxygen atoms in total. The van der Waals surface area contributed by atoms with Crippen molar-refractivity contribution in [2.75, 3.05) is 6.54 Å². The highest BCUT2D eigenvalue weighted by Gasteiger charge is 2.07. The zero-order valence-electron chi connectivity index (χ0n) is 33.6. The second kappa shape index (κ2) is 41.5. The summed E-state index contributed by atoms with van der Waals surface area (Å²) in [7, 11) is 0. The van der Waals surface area contributed by atoms with E-state index in [0.29, 0.717) is 18.7 Å². The number of nitrogens with one attached hydrogen (secondary N) is 1. The molecule has 0 aliphatic rings. The van der Waals surface area contributed by atoms with Crippen molar-refractivity contribution >= 4 is 11.7 Å². The van der Waals surface area contributed by atoms with E-state index in [4.69, 9.17) is 0 Å². The maximum absolute atomic E-state index is 12.2. The minimum absolute atomic E-state index is 0.0866. The van der Waals surface area contributed by atoms with Crippen molar-refractivity contribution in [2.24, 2.45) is 0 Å². The highest BCUT2D eigenvalue weighted by atomic mass is 16.3. The maximum atomic E-state index is 12.2. The van der Waals surface area contributed by atoms with Crippen LogP contribution in [0, 0.1) is 0 Å². The first kappa shape index (κ1) is 48.1. The molecule has 0 aromatic rings. The van der Waals surface area contributed by atoms with Gasteiger partial charge in [-0.15, -0.1) is 0 Å². The van der Waals surface area contributed by atoms with E-state index in [0.717, 1.165) is 51.4 Å². The Labute approximate surface area is 307 Å². The largest absolute Gasteiger partial charge is 0.391 e. The second-order valence-corrected chi connectivity index (χ2v) is 15.7. The van der Waals surface area contributed by atoms with Crippen molar-refractivity contribution < 1.29 is 14.7 Å². The SMILES string of the molecule is CCCCCCCCCCCCCCCC[C@H](O)CNC(=O)CCCCCCCCCCC(=O)CCCCCCCCCCCCCCC. The number of hydrogen-bond acceptors (Lipinski definition) is 3. The molecule has 4 heteroatoms. The predicted molar refractivity (Wildman–Crippen MR) is 215 cm³/mol. The summed E-state index contributed by atoms with van der Waals surface area (Å²) < 4.78 is 0. The third kappa shape index (κ3) is 41.4. The van der Waals surface area contributed by atoms with Gasteiger partial charge in [0.2, 0.25) is 5.91 Å². The summed E-state index contributed by atoms with van der Waals surface area (Å²) in [5, 5.41) is 13.2. The average Bonchev–Trinajstić information content (AvgIpc) is 3.10. The van der Waals surface area contributed by atoms with E-state index in [2.05, 4.69) is 19.2 Å². The lowest BCUT2D eigenvalue weighted by molar-refractivity contribution is -0.121. The minimum Gasteiger partial charge on any atom is -0.391 e. The fourth-order valence-corrected chi connectivity index (χ4v) is 7.13. The number of amides is 1. The second-order valence-electron chi connectivity index (χ2n) is 15.7. The molecule has 0 saturated carbocycles. The van der Waals surface area contributed by atoms with Crippen LogP contribution in [0.25, 0.3) is 0 Å². The Morgan fingerprint density at radius 2 is 0.653 bits per heavy atom. The molecule has 0 heterocycles. The van der Waals surface area contributed by atoms with Gasteiger partial charge in [-0.05, 0) is 25.7 Å². The van der Waals surface area contributed by atoms with Crippen LogP contribution in [-0.4, -0.2) is 29.4 Å². The first-order valence-corrected chi connectivity index (χ1v) is 22.6. The van der Waals surface area contributed by atoms with Crippen molar-refractivity contribution in [3.05, 3.63) is 0 Å². The molecule has 0 aromatic carbocycles. The number of carbonyl (C=O) groups is 2. The average molecular weight is 692 g/mol. The van der Waals surface area contributed by atoms with Gasteiger partial charge in [0.15, 0.2) is 0 Å². The molecule has 0 saturated heterocycles. The molecule has 2 N–H and O–H groups in total. The third-order valence-corrected chi connectivity index (χ3v) is 10.6. The van der Waals surface area contributed by atoms with Crippen LogP contribution in [0.5, 0.6) is 0 Å². The smallest absolute Gasteiger partial charge is 0.220 e. The monoisotopic (exact) mass is 692 g/mol. The van der Waals surface area contributed by atoms with Crippen LogP contribution in [0.2, 0.25) is 0 Å². The van der Waals surface area contributed by atoms with Crippen LogP contribution in [-0.2, 0) is 9.59 Å². The lowest BCUT2D eigenvalue weighted by Gasteiger charge is -2.12. The van der Waals surface area contributed by atoms with Gasteiger partial charge in [-0.3, -0.25) is 9.59 Å². The Morgan fingerprint density at radius 3 is 0.980 bits per heavy atom. The van der Waals surface area contributed by atoms with Crippen molar-refractivity contribution in [3.63, 3.8) is 0 Å². The molecule has 0 aromatic heterocycles. The van der Waals surface area contributed by atoms with Crippen LogP contribution >= 0.6 is 0 Å². The summed E-state index contributed by atoms with van der Waals surface area (Å²) in [6.07, 6.45) is 48.1. The van der Waals surface area contributed by atoms with Gasteiger partial charge in [-0.25, -0.2) is 0 Å². The number of hydrogen-bond donors (Lipinski definition) is 2. The van der Waals surface area contributed by atoms with E-state index in [1.165, 1.54) is 193 Å². The van der Waals surface area contributed by atoms with Crippen molar-refractivity contribution in [3.8, 4) is 0 Å². The molecule has 0 bridgehead atoms. The highest BCUT2D eigenvalue weighted by Crippen LogP contribution is 2.16. The Hall–Kier alpha value is -0.900. The lowest BCUT2D eigenvalue weighted by atomic mass is 10.0. The quantitative estimate of drug-likeness (QED) is 0.0626. The van der Waals surface area contributed by atoms with E-state index in [1.807, 2.05) is 0 Å². The lowest BCUT2D eigenvalue weighted by Crippen LogP contribution is -2.31. The van der Waals surface area contributed by atoms with Crippen LogP contribution in [0.1, 0.15) is 264 Å². The standard InChI is InChI=1S/C45H89NO3/c1-3-5-7-9-11-13-15-17-19-21-23-28-32-36-40-44(48)42-46-45(49)41-37-33-29-25-24-27-31-35-39-43(47)38-34-30-26-22-20-18-16-14-12-10-8-6-4-2/h44,48H,3-42H2,1-2H3,(H,46,49)/t44-/m0/s1. The number of Topliss-reactive ketones (excluding diaryl/α,β-unsaturated/α-hetero) is 1. The summed E-state index contributed by atoms with van der Waals surface area (Å²) in [5.74, 6) is 0.562. The first-order chi connectivity index (χ1) is 24.1. The fraction of sp³-hybridized carbons (Fsp3) is 0.956. The number of ketones is 1. The van der Waals surface area contributed by atoms with Gasteiger partial charge in [-0.1, -0.05) is 219 Å². The number of carbonyl (C=O) groups excluding carboxylic acids is 2. The number of unbranched alkanes of at least 4 members (excludes halogenated alkanes) is 32. The van der Waals surface area contributed by atoms with E-state index in [9.17, 15) is 14.7 Å². The fourth-order valence-electron chi connectivity index (χ4n) is 7.13. The van der Waals surface area contributed by atoms with Gasteiger partial charge in [-0.2, -0.15) is 0 Å². The van der Waals surface area contributed by atoms with Crippen molar-refractivity contribution in [2.45, 2.75) is 270 Å². The molecule has 0 fully saturated rings. The molecule has 0 radical (unpaired) electrons. The molecule has 0 unspecified atom stereocenters. The zero-order valence-corrected chi connectivity index (χ0v) is 33.6. The third-order valence-electron chi connectivity index (χ3n) is 10.6. The van der Waals surface area contributed by atoms with E-state index in [1.54, 1.807) is 0 Å². The zero-order chi connectivity index (χ0) is 35.7. The van der Waals surface area contributed by atoms with E-state index < -0.39 is 6.10 Å². The first-order valence-electron chi connectivity index (χ1n) is 22.6. The van der Waals surface area contributed by atoms with Crippen LogP contribution in [0.4, 0.5) is 0 Å². The van der Waals surface area contributed by atoms with E-state index >= 15 is 0 Å². The van der Waals surface area contributed by atoms with E-state index in [-0.39, 0.29) is 5.91 Å². The number of rotatable bonds is 42. The molecular formula is C45H89NO3. The summed E-state index contributed by atoms with van der Waals surface area (Å²) in [5.41, 5.74) is 0. The summed E-state index contributed by atoms with van der Waals surface area (Å²) in [6.45, 7) is 4.96. The Balaban J connectivity index is 3.32. The van der Waals surface area contributed by atoms with Crippen LogP contribution in [0.3, 0.4) is 0 Å². The van der Waals surface area contributed by atoms with Gasteiger partial charge in [0, 0.05) is 25.8 Å². The number of aliphatic hydroxyl groups is 1. The van der Waals surface area contributed by atoms with Gasteiger partial charge in [0.05, 0.1) is 6.10 Å². The Bertz CT molecular complexity index is 666. The van der Waals surface area contributed by atoms with Gasteiger partial charge >= 0.3 is 0 Å². The molecule has 1 atom stereocenters. The topological polar surface area (TPSA) is 66.4 Å². The summed E-state index contributed by atoms with van der Waals surface area (Å²) >= 11 is 0. The van der Waals surface area contributed by atoms with Gasteiger partial charge in [0.1, 0.15) is 5.78 Å². The predicted octanol–water partition coefficient (Wildman–Crippen LogP) is 14.3. The summed E-state index contributed by atoms with van der Waals surface area (Å²) in [4.78, 5) is 24.3. The Kier molecular flexibility index (Phi) is 40.8. The normalized spacial score (nSPS) is 12.1. The van der Waals surface area contributed by atoms with Crippen molar-refractivity contribution in [1.29, 1.82) is 0 Å². The molecule has 0 aliphatic heterocycles. The van der Waals surface area contributed by atoms with Gasteiger partial charge < -0.3 is 10.4 Å². The van der Waals surface area contributed by atoms with Crippen LogP contribution < -0.4 is 5.32 Å². The summed E-state index contributed by atoms with van der Waals surface area (Å²) in [6, 6.07) is 0. The molecule has 0 aliphatic carbocycles. The van der Waals surface area contributed by atoms with Crippen molar-refractivity contribution in [1.82, 2.24) is 5.32 Å². The molecular weight excluding hydrogens is 602 g/mol. The molecule has 292 valence electrons. The number of aliphatic hydroxyl groups excluding tert-OH is 1. The Morgan fingerprint density at radius 1 is 0.388 bits per heavy atom. The molecule has 0 rings (SSSR count). The molecule has 1 amide bonds. The molecule has 49 heavy (non-hydrogen) atoms. The highest BCUT2D eigenvalue weighted by molar-refractivity contribution is 5.78. The minimum atomic E-state index is -0.407. The van der Waals surface area contributed by atoms with Crippen LogP contribution in [0.15, 0.2) is 0 Å².